The van der Waals surface area contributed by atoms with Crippen LogP contribution < -0.4 is 0 Å². The van der Waals surface area contributed by atoms with E-state index in [1.165, 1.54) is 13.2 Å². The molecule has 0 spiro atoms. The highest BCUT2D eigenvalue weighted by atomic mass is 35.5. The van der Waals surface area contributed by atoms with E-state index in [1.54, 1.807) is 12.1 Å². The second-order valence-corrected chi connectivity index (χ2v) is 6.85. The van der Waals surface area contributed by atoms with Crippen LogP contribution in [0, 0.1) is 11.7 Å². The van der Waals surface area contributed by atoms with Gasteiger partial charge in [-0.05, 0) is 43.7 Å². The number of ether oxygens (including phenoxy) is 1. The zero-order chi connectivity index (χ0) is 16.6. The molecule has 23 heavy (non-hydrogen) atoms. The number of halogens is 2. The van der Waals surface area contributed by atoms with Crippen LogP contribution in [0.3, 0.4) is 0 Å². The highest BCUT2D eigenvalue weighted by Crippen LogP contribution is 2.41. The molecule has 0 amide bonds. The summed E-state index contributed by atoms with van der Waals surface area (Å²) in [6.07, 6.45) is 2.55. The Kier molecular flexibility index (Phi) is 4.90. The van der Waals surface area contributed by atoms with E-state index in [0.717, 1.165) is 12.8 Å². The van der Waals surface area contributed by atoms with E-state index in [2.05, 4.69) is 0 Å². The third-order valence-corrected chi connectivity index (χ3v) is 5.51. The molecule has 1 N–H and O–H groups in total. The lowest BCUT2D eigenvalue weighted by atomic mass is 9.83. The highest BCUT2D eigenvalue weighted by molar-refractivity contribution is 6.31. The summed E-state index contributed by atoms with van der Waals surface area (Å²) < 4.78 is 19.1. The topological polar surface area (TPSA) is 49.8 Å². The number of methoxy groups -OCH3 is 1. The predicted octanol–water partition coefficient (Wildman–Crippen LogP) is 2.76. The van der Waals surface area contributed by atoms with Gasteiger partial charge < -0.3 is 9.84 Å². The summed E-state index contributed by atoms with van der Waals surface area (Å²) in [6, 6.07) is 4.24. The number of fused-ring (bicyclic) bond motifs is 1. The summed E-state index contributed by atoms with van der Waals surface area (Å²) in [5.41, 5.74) is 0.392. The van der Waals surface area contributed by atoms with Crippen LogP contribution in [-0.4, -0.2) is 41.3 Å². The van der Waals surface area contributed by atoms with Crippen molar-refractivity contribution in [2.75, 3.05) is 7.11 Å². The van der Waals surface area contributed by atoms with Gasteiger partial charge in [0.25, 0.3) is 0 Å². The Bertz CT molecular complexity index is 577. The number of esters is 1. The maximum atomic E-state index is 14.1. The summed E-state index contributed by atoms with van der Waals surface area (Å²) in [6.45, 7) is 0.249. The van der Waals surface area contributed by atoms with Gasteiger partial charge in [0.05, 0.1) is 13.2 Å². The maximum absolute atomic E-state index is 14.1. The molecule has 3 rings (SSSR count). The zero-order valence-corrected chi connectivity index (χ0v) is 13.8. The molecule has 1 aliphatic heterocycles. The lowest BCUT2D eigenvalue weighted by Crippen LogP contribution is -2.44. The first kappa shape index (κ1) is 16.7. The Morgan fingerprint density at radius 1 is 1.43 bits per heavy atom. The van der Waals surface area contributed by atoms with Gasteiger partial charge in [0, 0.05) is 23.2 Å². The number of hydrogen-bond acceptors (Lipinski definition) is 4. The zero-order valence-electron chi connectivity index (χ0n) is 13.0. The van der Waals surface area contributed by atoms with Crippen LogP contribution in [-0.2, 0) is 16.1 Å². The Labute approximate surface area is 140 Å². The van der Waals surface area contributed by atoms with Crippen molar-refractivity contribution >= 4 is 17.6 Å². The molecule has 1 aliphatic carbocycles. The van der Waals surface area contributed by atoms with Crippen LogP contribution in [0.25, 0.3) is 0 Å². The molecule has 0 unspecified atom stereocenters. The van der Waals surface area contributed by atoms with Crippen molar-refractivity contribution < 1.29 is 19.0 Å². The fourth-order valence-corrected chi connectivity index (χ4v) is 4.21. The monoisotopic (exact) mass is 341 g/mol. The van der Waals surface area contributed by atoms with Crippen LogP contribution in [0.1, 0.15) is 31.2 Å². The molecule has 6 heteroatoms. The third-order valence-electron chi connectivity index (χ3n) is 5.16. The molecule has 1 saturated heterocycles. The van der Waals surface area contributed by atoms with Crippen molar-refractivity contribution in [3.63, 3.8) is 0 Å². The summed E-state index contributed by atoms with van der Waals surface area (Å²) >= 11 is 6.14. The van der Waals surface area contributed by atoms with Gasteiger partial charge in [0.15, 0.2) is 0 Å². The van der Waals surface area contributed by atoms with Gasteiger partial charge in [-0.25, -0.2) is 4.39 Å². The molecular formula is C17H21ClFNO3. The molecule has 0 bridgehead atoms. The van der Waals surface area contributed by atoms with E-state index in [9.17, 15) is 14.3 Å². The molecule has 126 valence electrons. The average molecular weight is 342 g/mol. The largest absolute Gasteiger partial charge is 0.468 e. The van der Waals surface area contributed by atoms with Crippen LogP contribution in [0.5, 0.6) is 0 Å². The van der Waals surface area contributed by atoms with E-state index in [-0.39, 0.29) is 30.5 Å². The van der Waals surface area contributed by atoms with E-state index >= 15 is 0 Å². The Morgan fingerprint density at radius 3 is 2.91 bits per heavy atom. The van der Waals surface area contributed by atoms with Crippen molar-refractivity contribution in [3.05, 3.63) is 34.6 Å². The lowest BCUT2D eigenvalue weighted by molar-refractivity contribution is -0.146. The Hall–Kier alpha value is -1.17. The van der Waals surface area contributed by atoms with Crippen molar-refractivity contribution in [3.8, 4) is 0 Å². The molecule has 4 atom stereocenters. The quantitative estimate of drug-likeness (QED) is 0.859. The SMILES string of the molecule is COC(=O)[C@@H]1C[C@H]2CC[C@H](O)C[C@H]2N1Cc1c(F)cccc1Cl. The van der Waals surface area contributed by atoms with Gasteiger partial charge >= 0.3 is 5.97 Å². The Morgan fingerprint density at radius 2 is 2.22 bits per heavy atom. The third kappa shape index (κ3) is 3.23. The van der Waals surface area contributed by atoms with Gasteiger partial charge in [-0.2, -0.15) is 0 Å². The van der Waals surface area contributed by atoms with Crippen molar-refractivity contribution in [2.24, 2.45) is 5.92 Å². The molecule has 1 aromatic carbocycles. The molecule has 2 aliphatic rings. The molecule has 4 nitrogen and oxygen atoms in total. The van der Waals surface area contributed by atoms with Crippen LogP contribution in [0.4, 0.5) is 4.39 Å². The maximum Gasteiger partial charge on any atom is 0.323 e. The van der Waals surface area contributed by atoms with Crippen molar-refractivity contribution in [2.45, 2.75) is 50.4 Å². The minimum atomic E-state index is -0.407. The fraction of sp³-hybridized carbons (Fsp3) is 0.588. The summed E-state index contributed by atoms with van der Waals surface area (Å²) in [4.78, 5) is 14.1. The molecule has 1 saturated carbocycles. The van der Waals surface area contributed by atoms with Gasteiger partial charge in [0.1, 0.15) is 11.9 Å². The number of carbonyl (C=O) groups excluding carboxylic acids is 1. The first-order chi connectivity index (χ1) is 11.0. The summed E-state index contributed by atoms with van der Waals surface area (Å²) in [5.74, 6) is -0.352. The van der Waals surface area contributed by atoms with Crippen molar-refractivity contribution in [1.82, 2.24) is 4.90 Å². The first-order valence-corrected chi connectivity index (χ1v) is 8.33. The molecule has 0 radical (unpaired) electrons. The minimum Gasteiger partial charge on any atom is -0.468 e. The average Bonchev–Trinajstić information content (AvgIpc) is 2.88. The van der Waals surface area contributed by atoms with Crippen LogP contribution >= 0.6 is 11.6 Å². The number of aliphatic hydroxyl groups is 1. The second kappa shape index (κ2) is 6.75. The molecular weight excluding hydrogens is 321 g/mol. The van der Waals surface area contributed by atoms with Gasteiger partial charge in [-0.15, -0.1) is 0 Å². The van der Waals surface area contributed by atoms with Gasteiger partial charge in [0.2, 0.25) is 0 Å². The Balaban J connectivity index is 1.90. The normalized spacial score (nSPS) is 31.0. The molecule has 2 fully saturated rings. The van der Waals surface area contributed by atoms with Gasteiger partial charge in [-0.1, -0.05) is 17.7 Å². The van der Waals surface area contributed by atoms with E-state index in [4.69, 9.17) is 16.3 Å². The standard InChI is InChI=1S/C17H21ClFNO3/c1-23-17(22)16-7-10-5-6-11(21)8-15(10)20(16)9-12-13(18)3-2-4-14(12)19/h2-4,10-11,15-16,21H,5-9H2,1H3/t10-,11+,15-,16+/m1/s1. The highest BCUT2D eigenvalue weighted by Gasteiger charge is 2.47. The first-order valence-electron chi connectivity index (χ1n) is 7.95. The van der Waals surface area contributed by atoms with Crippen LogP contribution in [0.15, 0.2) is 18.2 Å². The van der Waals surface area contributed by atoms with E-state index in [0.29, 0.717) is 29.3 Å². The predicted molar refractivity (Wildman–Crippen MR) is 84.5 cm³/mol. The number of benzene rings is 1. The van der Waals surface area contributed by atoms with E-state index < -0.39 is 6.04 Å². The number of rotatable bonds is 3. The second-order valence-electron chi connectivity index (χ2n) is 6.44. The minimum absolute atomic E-state index is 0.0542. The number of aliphatic hydroxyl groups excluding tert-OH is 1. The summed E-state index contributed by atoms with van der Waals surface area (Å²) in [7, 11) is 1.37. The lowest BCUT2D eigenvalue weighted by Gasteiger charge is -2.35. The smallest absolute Gasteiger partial charge is 0.323 e. The fourth-order valence-electron chi connectivity index (χ4n) is 3.98. The number of likely N-dealkylation sites (tertiary alicyclic amines) is 1. The molecule has 1 heterocycles. The van der Waals surface area contributed by atoms with Crippen molar-refractivity contribution in [1.29, 1.82) is 0 Å². The number of carbonyl (C=O) groups is 1. The van der Waals surface area contributed by atoms with Gasteiger partial charge in [-0.3, -0.25) is 9.69 Å². The van der Waals surface area contributed by atoms with E-state index in [1.807, 2.05) is 4.90 Å². The number of hydrogen-bond donors (Lipinski definition) is 1. The van der Waals surface area contributed by atoms with Crippen LogP contribution in [0.2, 0.25) is 5.02 Å². The molecule has 0 aromatic heterocycles. The summed E-state index contributed by atoms with van der Waals surface area (Å²) in [5, 5.41) is 10.3. The molecule has 1 aromatic rings. The number of nitrogens with zero attached hydrogens (tertiary/aromatic N) is 1.